The fourth-order valence-electron chi connectivity index (χ4n) is 1.72. The van der Waals surface area contributed by atoms with Crippen LogP contribution in [0.2, 0.25) is 0 Å². The third-order valence-electron chi connectivity index (χ3n) is 2.79. The standard InChI is InChI=1S/C15H22O3/c1-2-3-5-10-14(16)11-15(17)18-12-13-8-6-4-7-9-13/h4,6-9,14,16H,2-3,5,10-12H2,1H3. The Kier molecular flexibility index (Phi) is 7.11. The first-order chi connectivity index (χ1) is 8.72. The van der Waals surface area contributed by atoms with Crippen LogP contribution in [-0.2, 0) is 16.1 Å². The van der Waals surface area contributed by atoms with E-state index in [4.69, 9.17) is 4.74 Å². The maximum Gasteiger partial charge on any atom is 0.308 e. The fraction of sp³-hybridized carbons (Fsp3) is 0.533. The summed E-state index contributed by atoms with van der Waals surface area (Å²) in [5.41, 5.74) is 0.964. The van der Waals surface area contributed by atoms with Gasteiger partial charge in [-0.1, -0.05) is 56.5 Å². The van der Waals surface area contributed by atoms with Gasteiger partial charge in [0.15, 0.2) is 0 Å². The molecule has 0 spiro atoms. The number of benzene rings is 1. The van der Waals surface area contributed by atoms with Gasteiger partial charge in [0.1, 0.15) is 6.61 Å². The zero-order valence-electron chi connectivity index (χ0n) is 11.0. The van der Waals surface area contributed by atoms with Gasteiger partial charge in [-0.05, 0) is 12.0 Å². The average Bonchev–Trinajstić information content (AvgIpc) is 2.38. The highest BCUT2D eigenvalue weighted by Crippen LogP contribution is 2.08. The first-order valence-corrected chi connectivity index (χ1v) is 6.60. The lowest BCUT2D eigenvalue weighted by Crippen LogP contribution is -2.15. The molecule has 3 heteroatoms. The van der Waals surface area contributed by atoms with E-state index in [0.29, 0.717) is 6.42 Å². The summed E-state index contributed by atoms with van der Waals surface area (Å²) in [7, 11) is 0. The van der Waals surface area contributed by atoms with Crippen LogP contribution in [0.5, 0.6) is 0 Å². The van der Waals surface area contributed by atoms with Crippen LogP contribution in [0, 0.1) is 0 Å². The Balaban J connectivity index is 2.17. The zero-order chi connectivity index (χ0) is 13.2. The van der Waals surface area contributed by atoms with E-state index >= 15 is 0 Å². The number of ether oxygens (including phenoxy) is 1. The second kappa shape index (κ2) is 8.70. The van der Waals surface area contributed by atoms with E-state index in [9.17, 15) is 9.90 Å². The maximum atomic E-state index is 11.5. The molecule has 1 unspecified atom stereocenters. The van der Waals surface area contributed by atoms with E-state index in [1.807, 2.05) is 30.3 Å². The molecule has 0 aromatic heterocycles. The second-order valence-electron chi connectivity index (χ2n) is 4.50. The first-order valence-electron chi connectivity index (χ1n) is 6.60. The second-order valence-corrected chi connectivity index (χ2v) is 4.50. The minimum absolute atomic E-state index is 0.0938. The van der Waals surface area contributed by atoms with E-state index in [1.165, 1.54) is 0 Å². The van der Waals surface area contributed by atoms with Crippen molar-refractivity contribution in [3.8, 4) is 0 Å². The molecule has 1 atom stereocenters. The lowest BCUT2D eigenvalue weighted by atomic mass is 10.1. The molecule has 0 saturated heterocycles. The summed E-state index contributed by atoms with van der Waals surface area (Å²) in [5.74, 6) is -0.331. The van der Waals surface area contributed by atoms with Gasteiger partial charge in [0.25, 0.3) is 0 Å². The van der Waals surface area contributed by atoms with Gasteiger partial charge in [-0.25, -0.2) is 0 Å². The van der Waals surface area contributed by atoms with Crippen molar-refractivity contribution in [2.45, 2.75) is 51.7 Å². The monoisotopic (exact) mass is 250 g/mol. The summed E-state index contributed by atoms with van der Waals surface area (Å²) in [6.07, 6.45) is 3.37. The van der Waals surface area contributed by atoms with Crippen LogP contribution in [0.1, 0.15) is 44.6 Å². The molecule has 100 valence electrons. The quantitative estimate of drug-likeness (QED) is 0.569. The highest BCUT2D eigenvalue weighted by molar-refractivity contribution is 5.69. The molecule has 0 bridgehead atoms. The van der Waals surface area contributed by atoms with Gasteiger partial charge in [-0.3, -0.25) is 4.79 Å². The molecule has 1 rings (SSSR count). The van der Waals surface area contributed by atoms with Gasteiger partial charge in [0, 0.05) is 0 Å². The lowest BCUT2D eigenvalue weighted by molar-refractivity contribution is -0.147. The summed E-state index contributed by atoms with van der Waals surface area (Å²) in [4.78, 5) is 11.5. The van der Waals surface area contributed by atoms with Crippen LogP contribution in [0.15, 0.2) is 30.3 Å². The number of carbonyl (C=O) groups excluding carboxylic acids is 1. The Morgan fingerprint density at radius 2 is 2.00 bits per heavy atom. The molecule has 0 radical (unpaired) electrons. The Morgan fingerprint density at radius 1 is 1.28 bits per heavy atom. The average molecular weight is 250 g/mol. The third-order valence-corrected chi connectivity index (χ3v) is 2.79. The molecule has 0 fully saturated rings. The predicted molar refractivity (Wildman–Crippen MR) is 71.0 cm³/mol. The van der Waals surface area contributed by atoms with Crippen molar-refractivity contribution in [2.24, 2.45) is 0 Å². The lowest BCUT2D eigenvalue weighted by Gasteiger charge is -2.10. The Morgan fingerprint density at radius 3 is 2.67 bits per heavy atom. The van der Waals surface area contributed by atoms with Crippen molar-refractivity contribution in [1.82, 2.24) is 0 Å². The normalized spacial score (nSPS) is 12.1. The molecule has 0 heterocycles. The zero-order valence-corrected chi connectivity index (χ0v) is 11.0. The minimum Gasteiger partial charge on any atom is -0.461 e. The Bertz CT molecular complexity index is 335. The van der Waals surface area contributed by atoms with Crippen LogP contribution in [0.3, 0.4) is 0 Å². The van der Waals surface area contributed by atoms with Gasteiger partial charge in [0.2, 0.25) is 0 Å². The van der Waals surface area contributed by atoms with Crippen LogP contribution < -0.4 is 0 Å². The molecular weight excluding hydrogens is 228 g/mol. The molecule has 1 aromatic rings. The molecule has 18 heavy (non-hydrogen) atoms. The van der Waals surface area contributed by atoms with Crippen molar-refractivity contribution in [3.05, 3.63) is 35.9 Å². The van der Waals surface area contributed by atoms with E-state index in [1.54, 1.807) is 0 Å². The third kappa shape index (κ3) is 6.40. The number of hydrogen-bond acceptors (Lipinski definition) is 3. The van der Waals surface area contributed by atoms with E-state index in [0.717, 1.165) is 24.8 Å². The number of unbranched alkanes of at least 4 members (excludes halogenated alkanes) is 2. The highest BCUT2D eigenvalue weighted by Gasteiger charge is 2.11. The Labute approximate surface area is 109 Å². The van der Waals surface area contributed by atoms with Gasteiger partial charge in [0.05, 0.1) is 12.5 Å². The molecular formula is C15H22O3. The maximum absolute atomic E-state index is 11.5. The van der Waals surface area contributed by atoms with Gasteiger partial charge in [-0.2, -0.15) is 0 Å². The number of esters is 1. The summed E-state index contributed by atoms with van der Waals surface area (Å²) in [6, 6.07) is 9.55. The highest BCUT2D eigenvalue weighted by atomic mass is 16.5. The largest absolute Gasteiger partial charge is 0.461 e. The Hall–Kier alpha value is -1.35. The molecule has 1 N–H and O–H groups in total. The van der Waals surface area contributed by atoms with E-state index < -0.39 is 6.10 Å². The molecule has 0 amide bonds. The molecule has 1 aromatic carbocycles. The summed E-state index contributed by atoms with van der Waals surface area (Å²) < 4.78 is 5.11. The fourth-order valence-corrected chi connectivity index (χ4v) is 1.72. The van der Waals surface area contributed by atoms with Gasteiger partial charge < -0.3 is 9.84 Å². The van der Waals surface area contributed by atoms with Crippen molar-refractivity contribution in [2.75, 3.05) is 0 Å². The number of aliphatic hydroxyl groups excluding tert-OH is 1. The summed E-state index contributed by atoms with van der Waals surface area (Å²) >= 11 is 0. The molecule has 0 saturated carbocycles. The van der Waals surface area contributed by atoms with Gasteiger partial charge >= 0.3 is 5.97 Å². The number of carbonyl (C=O) groups is 1. The molecule has 0 aliphatic carbocycles. The van der Waals surface area contributed by atoms with Gasteiger partial charge in [-0.15, -0.1) is 0 Å². The van der Waals surface area contributed by atoms with Crippen molar-refractivity contribution >= 4 is 5.97 Å². The van der Waals surface area contributed by atoms with E-state index in [-0.39, 0.29) is 19.0 Å². The molecule has 0 aliphatic rings. The number of hydrogen-bond donors (Lipinski definition) is 1. The molecule has 0 aliphatic heterocycles. The van der Waals surface area contributed by atoms with Crippen LogP contribution in [-0.4, -0.2) is 17.2 Å². The smallest absolute Gasteiger partial charge is 0.308 e. The summed E-state index contributed by atoms with van der Waals surface area (Å²) in [5, 5.41) is 9.64. The van der Waals surface area contributed by atoms with E-state index in [2.05, 4.69) is 6.92 Å². The SMILES string of the molecule is CCCCCC(O)CC(=O)OCc1ccccc1. The number of aliphatic hydroxyl groups is 1. The predicted octanol–water partition coefficient (Wildman–Crippen LogP) is 3.06. The van der Waals surface area contributed by atoms with Crippen molar-refractivity contribution in [3.63, 3.8) is 0 Å². The van der Waals surface area contributed by atoms with Crippen LogP contribution >= 0.6 is 0 Å². The van der Waals surface area contributed by atoms with Crippen LogP contribution in [0.4, 0.5) is 0 Å². The van der Waals surface area contributed by atoms with Crippen molar-refractivity contribution in [1.29, 1.82) is 0 Å². The van der Waals surface area contributed by atoms with Crippen molar-refractivity contribution < 1.29 is 14.6 Å². The molecule has 3 nitrogen and oxygen atoms in total. The first kappa shape index (κ1) is 14.7. The topological polar surface area (TPSA) is 46.5 Å². The minimum atomic E-state index is -0.570. The summed E-state index contributed by atoms with van der Waals surface area (Å²) in [6.45, 7) is 2.39. The number of rotatable bonds is 8. The van der Waals surface area contributed by atoms with Crippen LogP contribution in [0.25, 0.3) is 0 Å².